The molecular formula is C20H41O4Sn. The fourth-order valence-corrected chi connectivity index (χ4v) is 1.82. The third kappa shape index (κ3) is 51.6. The topological polar surface area (TPSA) is 80.3 Å². The van der Waals surface area contributed by atoms with Gasteiger partial charge in [-0.15, -0.1) is 0 Å². The van der Waals surface area contributed by atoms with Crippen LogP contribution in [0, 0.1) is 6.92 Å². The van der Waals surface area contributed by atoms with Crippen LogP contribution < -0.4 is 10.2 Å². The van der Waals surface area contributed by atoms with Gasteiger partial charge in [-0.1, -0.05) is 91.9 Å². The molecule has 5 heteroatoms. The van der Waals surface area contributed by atoms with Crippen molar-refractivity contribution in [2.45, 2.75) is 111 Å². The molecule has 25 heavy (non-hydrogen) atoms. The van der Waals surface area contributed by atoms with Crippen LogP contribution in [0.1, 0.15) is 112 Å². The number of aliphatic carboxylic acids is 2. The Morgan fingerprint density at radius 1 is 0.680 bits per heavy atom. The summed E-state index contributed by atoms with van der Waals surface area (Å²) in [6.07, 6.45) is 14.0. The van der Waals surface area contributed by atoms with E-state index in [-0.39, 0.29) is 38.2 Å². The molecule has 0 saturated heterocycles. The minimum Gasteiger partial charge on any atom is -0.550 e. The van der Waals surface area contributed by atoms with Crippen LogP contribution in [0.3, 0.4) is 0 Å². The smallest absolute Gasteiger partial charge is 0.550 e. The second-order valence-electron chi connectivity index (χ2n) is 5.93. The van der Waals surface area contributed by atoms with Crippen LogP contribution in [0.4, 0.5) is 0 Å². The first-order valence-electron chi connectivity index (χ1n) is 9.64. The van der Waals surface area contributed by atoms with E-state index >= 15 is 0 Å². The Bertz CT molecular complexity index is 238. The average Bonchev–Trinajstić information content (AvgIpc) is 2.53. The van der Waals surface area contributed by atoms with Gasteiger partial charge in [-0.05, 0) is 25.7 Å². The molecule has 0 spiro atoms. The fraction of sp³-hybridized carbons (Fsp3) is 0.850. The maximum absolute atomic E-state index is 9.76. The molecule has 0 aromatic carbocycles. The van der Waals surface area contributed by atoms with E-state index in [0.717, 1.165) is 44.9 Å². The Morgan fingerprint density at radius 3 is 1.28 bits per heavy atom. The zero-order valence-corrected chi connectivity index (χ0v) is 19.6. The molecule has 0 amide bonds. The third-order valence-corrected chi connectivity index (χ3v) is 3.32. The molecule has 0 aromatic rings. The fourth-order valence-electron chi connectivity index (χ4n) is 1.82. The molecule has 0 heterocycles. The van der Waals surface area contributed by atoms with Gasteiger partial charge in [0.25, 0.3) is 0 Å². The molecule has 0 fully saturated rings. The van der Waals surface area contributed by atoms with Gasteiger partial charge in [0.15, 0.2) is 0 Å². The molecule has 0 bridgehead atoms. The minimum absolute atomic E-state index is 0. The van der Waals surface area contributed by atoms with Crippen LogP contribution in [0.25, 0.3) is 0 Å². The summed E-state index contributed by atoms with van der Waals surface area (Å²) < 4.78 is 0. The second kappa shape index (κ2) is 31.5. The maximum Gasteiger partial charge on any atom is 2.00 e. The van der Waals surface area contributed by atoms with E-state index in [0.29, 0.717) is 0 Å². The van der Waals surface area contributed by atoms with Crippen LogP contribution >= 0.6 is 0 Å². The molecule has 4 nitrogen and oxygen atoms in total. The molecule has 0 aliphatic carbocycles. The summed E-state index contributed by atoms with van der Waals surface area (Å²) in [5.74, 6) is -1.86. The van der Waals surface area contributed by atoms with Crippen molar-refractivity contribution in [1.82, 2.24) is 0 Å². The van der Waals surface area contributed by atoms with E-state index in [1.54, 1.807) is 0 Å². The number of carboxylic acid groups (broad SMARTS) is 2. The SMILES string of the molecule is CCCCCC(=O)[O-].CCCCCC(=O)[O-].[CH2]CCCCCCC.[HH].[Sn+2]. The maximum atomic E-state index is 9.76. The number of rotatable bonds is 13. The summed E-state index contributed by atoms with van der Waals surface area (Å²) >= 11 is 0. The third-order valence-electron chi connectivity index (χ3n) is 3.32. The molecule has 0 saturated carbocycles. The van der Waals surface area contributed by atoms with Crippen molar-refractivity contribution in [2.75, 3.05) is 0 Å². The predicted molar refractivity (Wildman–Crippen MR) is 105 cm³/mol. The summed E-state index contributed by atoms with van der Waals surface area (Å²) in [7, 11) is 0. The van der Waals surface area contributed by atoms with Crippen molar-refractivity contribution >= 4 is 35.8 Å². The van der Waals surface area contributed by atoms with Gasteiger partial charge >= 0.3 is 23.9 Å². The summed E-state index contributed by atoms with van der Waals surface area (Å²) in [5, 5.41) is 19.5. The molecule has 0 N–H and O–H groups in total. The van der Waals surface area contributed by atoms with Crippen molar-refractivity contribution in [1.29, 1.82) is 0 Å². The summed E-state index contributed by atoms with van der Waals surface area (Å²) in [6.45, 7) is 10.1. The first-order chi connectivity index (χ1) is 11.5. The van der Waals surface area contributed by atoms with E-state index in [1.165, 1.54) is 32.1 Å². The minimum atomic E-state index is -0.932. The Balaban J connectivity index is -0.0000000817. The number of hydrogen-bond donors (Lipinski definition) is 0. The molecule has 0 aromatic heterocycles. The zero-order valence-electron chi connectivity index (χ0n) is 16.7. The monoisotopic (exact) mass is 465 g/mol. The van der Waals surface area contributed by atoms with Gasteiger partial charge in [0.05, 0.1) is 0 Å². The van der Waals surface area contributed by atoms with Crippen LogP contribution in [0.2, 0.25) is 0 Å². The standard InChI is InChI=1S/C8H17.2C6H12O2.Sn.H2/c1-3-5-7-8-6-4-2;2*1-2-3-4-5-6(7)8;;/h1,3-8H2,2H3;2*2-5H2,1H3,(H,7,8);;1H/q;;;+2;/p-2. The summed E-state index contributed by atoms with van der Waals surface area (Å²) in [6, 6.07) is 0. The molecule has 0 aliphatic heterocycles. The number of carbonyl (C=O) groups excluding carboxylic acids is 2. The van der Waals surface area contributed by atoms with Crippen LogP contribution in [0.15, 0.2) is 0 Å². The molecule has 0 atom stereocenters. The summed E-state index contributed by atoms with van der Waals surface area (Å²) in [4.78, 5) is 19.5. The average molecular weight is 464 g/mol. The number of unbranched alkanes of at least 4 members (excludes halogenated alkanes) is 9. The van der Waals surface area contributed by atoms with Gasteiger partial charge in [-0.2, -0.15) is 0 Å². The molecule has 0 unspecified atom stereocenters. The van der Waals surface area contributed by atoms with Gasteiger partial charge in [0, 0.05) is 13.4 Å². The number of hydrogen-bond acceptors (Lipinski definition) is 4. The Kier molecular flexibility index (Phi) is 40.8. The quantitative estimate of drug-likeness (QED) is 0.308. The molecular weight excluding hydrogens is 423 g/mol. The van der Waals surface area contributed by atoms with Crippen molar-refractivity contribution in [3.63, 3.8) is 0 Å². The molecule has 3 radical (unpaired) electrons. The van der Waals surface area contributed by atoms with Crippen molar-refractivity contribution < 1.29 is 21.2 Å². The van der Waals surface area contributed by atoms with Crippen LogP contribution in [-0.4, -0.2) is 35.8 Å². The number of carbonyl (C=O) groups is 2. The predicted octanol–water partition coefficient (Wildman–Crippen LogP) is 3.68. The van der Waals surface area contributed by atoms with Gasteiger partial charge in [-0.25, -0.2) is 0 Å². The van der Waals surface area contributed by atoms with E-state index in [2.05, 4.69) is 13.8 Å². The summed E-state index contributed by atoms with van der Waals surface area (Å²) in [5.41, 5.74) is 0. The first-order valence-corrected chi connectivity index (χ1v) is 9.64. The molecule has 0 rings (SSSR count). The Morgan fingerprint density at radius 2 is 1.00 bits per heavy atom. The zero-order chi connectivity index (χ0) is 19.1. The van der Waals surface area contributed by atoms with E-state index in [9.17, 15) is 19.8 Å². The normalized spacial score (nSPS) is 8.96. The van der Waals surface area contributed by atoms with E-state index in [4.69, 9.17) is 0 Å². The first kappa shape index (κ1) is 32.4. The van der Waals surface area contributed by atoms with E-state index in [1.807, 2.05) is 13.8 Å². The van der Waals surface area contributed by atoms with Crippen molar-refractivity contribution in [3.8, 4) is 0 Å². The molecule has 0 aliphatic rings. The van der Waals surface area contributed by atoms with Crippen molar-refractivity contribution in [2.24, 2.45) is 0 Å². The van der Waals surface area contributed by atoms with E-state index < -0.39 is 11.9 Å². The molecule has 149 valence electrons. The Hall–Kier alpha value is -0.261. The Labute approximate surface area is 174 Å². The number of carboxylic acids is 2. The largest absolute Gasteiger partial charge is 2.00 e. The van der Waals surface area contributed by atoms with Crippen LogP contribution in [0.5, 0.6) is 0 Å². The van der Waals surface area contributed by atoms with Crippen LogP contribution in [-0.2, 0) is 9.59 Å². The van der Waals surface area contributed by atoms with Crippen molar-refractivity contribution in [3.05, 3.63) is 6.92 Å². The van der Waals surface area contributed by atoms with Gasteiger partial charge in [0.1, 0.15) is 0 Å². The van der Waals surface area contributed by atoms with Gasteiger partial charge in [-0.3, -0.25) is 0 Å². The van der Waals surface area contributed by atoms with Gasteiger partial charge in [0.2, 0.25) is 0 Å². The second-order valence-corrected chi connectivity index (χ2v) is 5.93. The van der Waals surface area contributed by atoms with Gasteiger partial charge < -0.3 is 19.8 Å².